The summed E-state index contributed by atoms with van der Waals surface area (Å²) in [6.07, 6.45) is 2.01. The Hall–Kier alpha value is -8.21. The highest BCUT2D eigenvalue weighted by Gasteiger charge is 2.26. The summed E-state index contributed by atoms with van der Waals surface area (Å²) in [6, 6.07) is 80.3. The van der Waals surface area contributed by atoms with E-state index in [2.05, 4.69) is 229 Å². The van der Waals surface area contributed by atoms with E-state index in [1.165, 1.54) is 38.9 Å². The Kier molecular flexibility index (Phi) is 9.34. The highest BCUT2D eigenvalue weighted by atomic mass is 15.0. The molecule has 4 nitrogen and oxygen atoms in total. The van der Waals surface area contributed by atoms with Crippen molar-refractivity contribution < 1.29 is 0 Å². The monoisotopic (exact) mass is 818 g/mol. The number of aryl methyl sites for hydroxylation is 1. The normalized spacial score (nSPS) is 13.3. The van der Waals surface area contributed by atoms with Crippen LogP contribution in [0.3, 0.4) is 0 Å². The van der Waals surface area contributed by atoms with Crippen LogP contribution in [-0.2, 0) is 6.42 Å². The first kappa shape index (κ1) is 37.5. The molecular formula is C60H42N4. The van der Waals surface area contributed by atoms with E-state index >= 15 is 0 Å². The molecule has 0 radical (unpaired) electrons. The summed E-state index contributed by atoms with van der Waals surface area (Å²) < 4.78 is 2.35. The second kappa shape index (κ2) is 15.9. The summed E-state index contributed by atoms with van der Waals surface area (Å²) in [4.78, 5) is 16.4. The van der Waals surface area contributed by atoms with Crippen molar-refractivity contribution in [1.29, 1.82) is 0 Å². The van der Waals surface area contributed by atoms with Gasteiger partial charge in [-0.2, -0.15) is 0 Å². The van der Waals surface area contributed by atoms with Gasteiger partial charge in [0.2, 0.25) is 0 Å². The Balaban J connectivity index is 1.09. The first-order valence-electron chi connectivity index (χ1n) is 22.1. The van der Waals surface area contributed by atoms with Crippen LogP contribution in [0.15, 0.2) is 224 Å². The van der Waals surface area contributed by atoms with Crippen LogP contribution in [0.5, 0.6) is 0 Å². The lowest BCUT2D eigenvalue weighted by atomic mass is 9.85. The molecule has 1 atom stereocenters. The highest BCUT2D eigenvalue weighted by molar-refractivity contribution is 6.15. The molecule has 64 heavy (non-hydrogen) atoms. The van der Waals surface area contributed by atoms with Crippen molar-refractivity contribution in [1.82, 2.24) is 19.5 Å². The minimum Gasteiger partial charge on any atom is -0.309 e. The van der Waals surface area contributed by atoms with E-state index in [-0.39, 0.29) is 5.92 Å². The Morgan fingerprint density at radius 1 is 0.375 bits per heavy atom. The van der Waals surface area contributed by atoms with E-state index in [0.29, 0.717) is 17.5 Å². The second-order valence-electron chi connectivity index (χ2n) is 16.6. The molecule has 302 valence electrons. The molecule has 1 aliphatic carbocycles. The van der Waals surface area contributed by atoms with Gasteiger partial charge in [-0.1, -0.05) is 194 Å². The SMILES string of the molecule is c1ccc(-c2ccc(-c3ccccc3-c3nc(-c4ccc5c(c4)C(c4ccccc4)CCc4ccccc4-5)nc(-c4cccc5c4c4ccccc4n5-c4ccccc4)n3)cc2)cc1. The zero-order valence-electron chi connectivity index (χ0n) is 35.1. The molecular weight excluding hydrogens is 777 g/mol. The molecule has 2 aromatic heterocycles. The molecule has 1 aliphatic rings. The lowest BCUT2D eigenvalue weighted by Gasteiger charge is -2.20. The van der Waals surface area contributed by atoms with Crippen LogP contribution in [0.25, 0.3) is 95.0 Å². The largest absolute Gasteiger partial charge is 0.309 e. The molecule has 2 heterocycles. The molecule has 0 saturated carbocycles. The highest BCUT2D eigenvalue weighted by Crippen LogP contribution is 2.44. The third kappa shape index (κ3) is 6.59. The maximum absolute atomic E-state index is 5.47. The Morgan fingerprint density at radius 2 is 0.938 bits per heavy atom. The summed E-state index contributed by atoms with van der Waals surface area (Å²) in [5, 5.41) is 2.26. The molecule has 9 aromatic carbocycles. The number of nitrogens with zero attached hydrogens (tertiary/aromatic N) is 4. The topological polar surface area (TPSA) is 43.6 Å². The quantitative estimate of drug-likeness (QED) is 0.161. The lowest BCUT2D eigenvalue weighted by Crippen LogP contribution is -2.04. The van der Waals surface area contributed by atoms with E-state index in [0.717, 1.165) is 68.2 Å². The van der Waals surface area contributed by atoms with Crippen LogP contribution < -0.4 is 0 Å². The van der Waals surface area contributed by atoms with Crippen molar-refractivity contribution in [2.75, 3.05) is 0 Å². The van der Waals surface area contributed by atoms with Crippen LogP contribution in [0.2, 0.25) is 0 Å². The molecule has 0 amide bonds. The van der Waals surface area contributed by atoms with Crippen molar-refractivity contribution in [2.24, 2.45) is 0 Å². The summed E-state index contributed by atoms with van der Waals surface area (Å²) >= 11 is 0. The average molecular weight is 819 g/mol. The maximum atomic E-state index is 5.47. The summed E-state index contributed by atoms with van der Waals surface area (Å²) in [5.41, 5.74) is 17.3. The fourth-order valence-electron chi connectivity index (χ4n) is 9.93. The minimum atomic E-state index is 0.210. The van der Waals surface area contributed by atoms with E-state index in [9.17, 15) is 0 Å². The predicted octanol–water partition coefficient (Wildman–Crippen LogP) is 15.0. The fraction of sp³-hybridized carbons (Fsp3) is 0.0500. The van der Waals surface area contributed by atoms with Gasteiger partial charge in [-0.15, -0.1) is 0 Å². The van der Waals surface area contributed by atoms with Gasteiger partial charge in [0.25, 0.3) is 0 Å². The van der Waals surface area contributed by atoms with E-state index in [4.69, 9.17) is 15.0 Å². The molecule has 12 rings (SSSR count). The van der Waals surface area contributed by atoms with Gasteiger partial charge in [0.05, 0.1) is 11.0 Å². The molecule has 0 bridgehead atoms. The number of hydrogen-bond donors (Lipinski definition) is 0. The first-order chi connectivity index (χ1) is 31.7. The van der Waals surface area contributed by atoms with Gasteiger partial charge in [0, 0.05) is 39.1 Å². The standard InChI is InChI=1S/C60H42N4/c1-4-17-40(18-5-1)41-31-33-44(34-32-41)48-25-12-13-26-51(48)59-61-58(45-36-38-50-47-24-11-10-21-43(47)35-37-49(54(50)39-45)42-19-6-2-7-20-42)62-60(63-59)53-28-16-30-56-57(53)52-27-14-15-29-55(52)64(56)46-22-8-3-9-23-46/h1-34,36,38-39,49H,35,37H2. The molecule has 0 aliphatic heterocycles. The average Bonchev–Trinajstić information content (AvgIpc) is 3.62. The third-order valence-electron chi connectivity index (χ3n) is 13.0. The number of hydrogen-bond acceptors (Lipinski definition) is 3. The zero-order chi connectivity index (χ0) is 42.4. The zero-order valence-corrected chi connectivity index (χ0v) is 35.1. The Labute approximate surface area is 372 Å². The molecule has 1 unspecified atom stereocenters. The van der Waals surface area contributed by atoms with Crippen molar-refractivity contribution in [3.8, 4) is 73.2 Å². The lowest BCUT2D eigenvalue weighted by molar-refractivity contribution is 0.726. The van der Waals surface area contributed by atoms with Crippen molar-refractivity contribution in [3.63, 3.8) is 0 Å². The molecule has 11 aromatic rings. The van der Waals surface area contributed by atoms with E-state index in [1.807, 2.05) is 0 Å². The number of para-hydroxylation sites is 2. The number of aromatic nitrogens is 4. The van der Waals surface area contributed by atoms with Crippen molar-refractivity contribution in [2.45, 2.75) is 18.8 Å². The summed E-state index contributed by atoms with van der Waals surface area (Å²) in [6.45, 7) is 0. The van der Waals surface area contributed by atoms with Crippen LogP contribution in [0, 0.1) is 0 Å². The predicted molar refractivity (Wildman–Crippen MR) is 263 cm³/mol. The number of rotatable bonds is 7. The first-order valence-corrected chi connectivity index (χ1v) is 22.1. The van der Waals surface area contributed by atoms with Gasteiger partial charge >= 0.3 is 0 Å². The second-order valence-corrected chi connectivity index (χ2v) is 16.6. The van der Waals surface area contributed by atoms with E-state index < -0.39 is 0 Å². The maximum Gasteiger partial charge on any atom is 0.164 e. The minimum absolute atomic E-state index is 0.210. The Morgan fingerprint density at radius 3 is 1.73 bits per heavy atom. The molecule has 0 N–H and O–H groups in total. The number of fused-ring (bicyclic) bond motifs is 6. The summed E-state index contributed by atoms with van der Waals surface area (Å²) in [5.74, 6) is 2.12. The number of benzene rings is 9. The van der Waals surface area contributed by atoms with Gasteiger partial charge in [-0.05, 0) is 93.2 Å². The molecule has 0 spiro atoms. The van der Waals surface area contributed by atoms with E-state index in [1.54, 1.807) is 0 Å². The van der Waals surface area contributed by atoms with Gasteiger partial charge in [0.1, 0.15) is 0 Å². The van der Waals surface area contributed by atoms with Gasteiger partial charge in [-0.25, -0.2) is 15.0 Å². The molecule has 0 fully saturated rings. The van der Waals surface area contributed by atoms with Crippen LogP contribution >= 0.6 is 0 Å². The van der Waals surface area contributed by atoms with Crippen molar-refractivity contribution >= 4 is 21.8 Å². The van der Waals surface area contributed by atoms with Crippen LogP contribution in [0.4, 0.5) is 0 Å². The smallest absolute Gasteiger partial charge is 0.164 e. The van der Waals surface area contributed by atoms with Gasteiger partial charge < -0.3 is 4.57 Å². The Bertz CT molecular complexity index is 3480. The summed E-state index contributed by atoms with van der Waals surface area (Å²) in [7, 11) is 0. The third-order valence-corrected chi connectivity index (χ3v) is 13.0. The van der Waals surface area contributed by atoms with Gasteiger partial charge in [0.15, 0.2) is 17.5 Å². The molecule has 4 heteroatoms. The van der Waals surface area contributed by atoms with Crippen LogP contribution in [0.1, 0.15) is 29.0 Å². The van der Waals surface area contributed by atoms with Crippen molar-refractivity contribution in [3.05, 3.63) is 241 Å². The fourth-order valence-corrected chi connectivity index (χ4v) is 9.93. The van der Waals surface area contributed by atoms with Gasteiger partial charge in [-0.3, -0.25) is 0 Å². The molecule has 0 saturated heterocycles. The van der Waals surface area contributed by atoms with Crippen LogP contribution in [-0.4, -0.2) is 19.5 Å².